The first-order valence-electron chi connectivity index (χ1n) is 9.28. The molecule has 0 spiro atoms. The van der Waals surface area contributed by atoms with Gasteiger partial charge in [-0.3, -0.25) is 4.79 Å². The molecule has 1 amide bonds. The summed E-state index contributed by atoms with van der Waals surface area (Å²) in [4.78, 5) is 19.1. The van der Waals surface area contributed by atoms with Gasteiger partial charge in [-0.15, -0.1) is 0 Å². The number of amides is 1. The molecule has 5 nitrogen and oxygen atoms in total. The Balaban J connectivity index is 1.56. The third-order valence-electron chi connectivity index (χ3n) is 6.29. The van der Waals surface area contributed by atoms with Crippen molar-refractivity contribution in [3.8, 4) is 6.19 Å². The average Bonchev–Trinajstić information content (AvgIpc) is 3.36. The van der Waals surface area contributed by atoms with Crippen molar-refractivity contribution in [3.63, 3.8) is 0 Å². The Morgan fingerprint density at radius 2 is 2.04 bits per heavy atom. The summed E-state index contributed by atoms with van der Waals surface area (Å²) in [5, 5.41) is 10.7. The van der Waals surface area contributed by atoms with Crippen molar-refractivity contribution in [1.29, 1.82) is 5.26 Å². The lowest BCUT2D eigenvalue weighted by Gasteiger charge is -2.35. The first kappa shape index (κ1) is 19.0. The number of hydrogen-bond donors (Lipinski definition) is 0. The molecule has 2 bridgehead atoms. The number of halogens is 3. The standard InChI is InChI=1S/C19H21Cl3N4O/c1-24(16-9-12-4-5-14(16)26(12)10-23)19(27)15-3-2-6-25(15)17-8-11(20)7-13(21)18(17)22/h7-8,12,14-16H,2-6,9H2,1H3/t12-,14+,15+,16?/m0/s1. The maximum Gasteiger partial charge on any atom is 0.245 e. The molecule has 1 aromatic rings. The molecule has 3 saturated heterocycles. The van der Waals surface area contributed by atoms with Crippen LogP contribution in [0, 0.1) is 11.5 Å². The SMILES string of the molecule is CN(C(=O)[C@H]1CCCN1c1cc(Cl)cc(Cl)c1Cl)C1C[C@@H]2CC[C@H]1N2C#N. The molecule has 8 heteroatoms. The normalized spacial score (nSPS) is 29.3. The molecule has 3 aliphatic rings. The second kappa shape index (κ2) is 7.24. The van der Waals surface area contributed by atoms with E-state index in [9.17, 15) is 10.1 Å². The highest BCUT2D eigenvalue weighted by atomic mass is 35.5. The Kier molecular flexibility index (Phi) is 5.09. The second-order valence-electron chi connectivity index (χ2n) is 7.63. The van der Waals surface area contributed by atoms with Gasteiger partial charge < -0.3 is 14.7 Å². The lowest BCUT2D eigenvalue weighted by molar-refractivity contribution is -0.133. The summed E-state index contributed by atoms with van der Waals surface area (Å²) in [5.41, 5.74) is 0.713. The number of fused-ring (bicyclic) bond motifs is 2. The number of benzene rings is 1. The Bertz CT molecular complexity index is 811. The lowest BCUT2D eigenvalue weighted by atomic mass is 9.94. The van der Waals surface area contributed by atoms with Gasteiger partial charge in [0.15, 0.2) is 6.19 Å². The topological polar surface area (TPSA) is 50.6 Å². The van der Waals surface area contributed by atoms with Crippen LogP contribution in [0.25, 0.3) is 0 Å². The van der Waals surface area contributed by atoms with Gasteiger partial charge in [-0.2, -0.15) is 5.26 Å². The maximum absolute atomic E-state index is 13.3. The minimum absolute atomic E-state index is 0.0788. The highest BCUT2D eigenvalue weighted by molar-refractivity contribution is 6.45. The molecule has 27 heavy (non-hydrogen) atoms. The Hall–Kier alpha value is -1.35. The first-order chi connectivity index (χ1) is 12.9. The van der Waals surface area contributed by atoms with E-state index in [1.807, 2.05) is 21.7 Å². The van der Waals surface area contributed by atoms with Crippen LogP contribution in [0.3, 0.4) is 0 Å². The largest absolute Gasteiger partial charge is 0.358 e. The van der Waals surface area contributed by atoms with Crippen molar-refractivity contribution in [1.82, 2.24) is 9.80 Å². The molecule has 3 fully saturated rings. The summed E-state index contributed by atoms with van der Waals surface area (Å²) in [6.45, 7) is 0.738. The Morgan fingerprint density at radius 1 is 1.26 bits per heavy atom. The van der Waals surface area contributed by atoms with Gasteiger partial charge in [-0.25, -0.2) is 0 Å². The maximum atomic E-state index is 13.3. The number of likely N-dealkylation sites (N-methyl/N-ethyl adjacent to an activating group) is 1. The highest BCUT2D eigenvalue weighted by Crippen LogP contribution is 2.41. The molecular formula is C19H21Cl3N4O. The van der Waals surface area contributed by atoms with Crippen molar-refractivity contribution >= 4 is 46.4 Å². The molecule has 1 unspecified atom stereocenters. The van der Waals surface area contributed by atoms with E-state index in [0.717, 1.165) is 38.6 Å². The van der Waals surface area contributed by atoms with Gasteiger partial charge in [-0.1, -0.05) is 34.8 Å². The minimum atomic E-state index is -0.281. The van der Waals surface area contributed by atoms with Crippen LogP contribution in [0.2, 0.25) is 15.1 Å². The van der Waals surface area contributed by atoms with E-state index in [0.29, 0.717) is 20.8 Å². The number of nitrogens with zero attached hydrogens (tertiary/aromatic N) is 4. The van der Waals surface area contributed by atoms with E-state index < -0.39 is 0 Å². The van der Waals surface area contributed by atoms with Crippen LogP contribution in [-0.2, 0) is 4.79 Å². The molecule has 0 radical (unpaired) electrons. The zero-order chi connectivity index (χ0) is 19.3. The predicted octanol–water partition coefficient (Wildman–Crippen LogP) is 4.16. The summed E-state index contributed by atoms with van der Waals surface area (Å²) in [7, 11) is 1.87. The van der Waals surface area contributed by atoms with E-state index in [4.69, 9.17) is 34.8 Å². The van der Waals surface area contributed by atoms with Gasteiger partial charge in [0.05, 0.1) is 27.8 Å². The van der Waals surface area contributed by atoms with E-state index in [1.165, 1.54) is 0 Å². The summed E-state index contributed by atoms with van der Waals surface area (Å²) in [6.07, 6.45) is 6.88. The lowest BCUT2D eigenvalue weighted by Crippen LogP contribution is -2.51. The quantitative estimate of drug-likeness (QED) is 0.537. The Morgan fingerprint density at radius 3 is 2.74 bits per heavy atom. The van der Waals surface area contributed by atoms with Crippen LogP contribution in [0.15, 0.2) is 12.1 Å². The fourth-order valence-corrected chi connectivity index (χ4v) is 5.69. The van der Waals surface area contributed by atoms with Crippen LogP contribution in [0.5, 0.6) is 0 Å². The van der Waals surface area contributed by atoms with Crippen molar-refractivity contribution in [2.24, 2.45) is 0 Å². The molecule has 144 valence electrons. The third-order valence-corrected chi connectivity index (χ3v) is 7.30. The first-order valence-corrected chi connectivity index (χ1v) is 10.4. The molecular weight excluding hydrogens is 407 g/mol. The van der Waals surface area contributed by atoms with E-state index in [1.54, 1.807) is 12.1 Å². The van der Waals surface area contributed by atoms with E-state index in [-0.39, 0.29) is 30.1 Å². The molecule has 0 saturated carbocycles. The number of anilines is 1. The van der Waals surface area contributed by atoms with Gasteiger partial charge in [-0.05, 0) is 44.2 Å². The molecule has 4 rings (SSSR count). The van der Waals surface area contributed by atoms with Crippen LogP contribution in [0.4, 0.5) is 5.69 Å². The van der Waals surface area contributed by atoms with Gasteiger partial charge in [0, 0.05) is 24.7 Å². The van der Waals surface area contributed by atoms with Crippen molar-refractivity contribution in [2.45, 2.75) is 56.3 Å². The summed E-state index contributed by atoms with van der Waals surface area (Å²) < 4.78 is 0. The van der Waals surface area contributed by atoms with E-state index in [2.05, 4.69) is 6.19 Å². The van der Waals surface area contributed by atoms with Gasteiger partial charge in [0.25, 0.3) is 0 Å². The summed E-state index contributed by atoms with van der Waals surface area (Å²) in [6, 6.07) is 3.62. The van der Waals surface area contributed by atoms with E-state index >= 15 is 0 Å². The molecule has 3 aliphatic heterocycles. The molecule has 0 N–H and O–H groups in total. The summed E-state index contributed by atoms with van der Waals surface area (Å²) >= 11 is 18.8. The van der Waals surface area contributed by atoms with Crippen molar-refractivity contribution in [2.75, 3.05) is 18.5 Å². The summed E-state index contributed by atoms with van der Waals surface area (Å²) in [5.74, 6) is 0.0788. The number of carbonyl (C=O) groups is 1. The van der Waals surface area contributed by atoms with Gasteiger partial charge in [0.1, 0.15) is 6.04 Å². The average molecular weight is 428 g/mol. The van der Waals surface area contributed by atoms with Crippen LogP contribution in [-0.4, -0.2) is 53.5 Å². The number of nitriles is 1. The highest BCUT2D eigenvalue weighted by Gasteiger charge is 2.49. The number of rotatable bonds is 3. The van der Waals surface area contributed by atoms with Crippen molar-refractivity contribution < 1.29 is 4.79 Å². The van der Waals surface area contributed by atoms with Crippen molar-refractivity contribution in [3.05, 3.63) is 27.2 Å². The van der Waals surface area contributed by atoms with Gasteiger partial charge in [0.2, 0.25) is 5.91 Å². The second-order valence-corrected chi connectivity index (χ2v) is 8.85. The van der Waals surface area contributed by atoms with Crippen LogP contribution >= 0.6 is 34.8 Å². The number of hydrogen-bond acceptors (Lipinski definition) is 4. The zero-order valence-corrected chi connectivity index (χ0v) is 17.3. The van der Waals surface area contributed by atoms with Crippen LogP contribution in [0.1, 0.15) is 32.1 Å². The van der Waals surface area contributed by atoms with Crippen LogP contribution < -0.4 is 4.90 Å². The number of carbonyl (C=O) groups excluding carboxylic acids is 1. The molecule has 4 atom stereocenters. The predicted molar refractivity (Wildman–Crippen MR) is 107 cm³/mol. The molecule has 1 aromatic carbocycles. The zero-order valence-electron chi connectivity index (χ0n) is 15.0. The minimum Gasteiger partial charge on any atom is -0.358 e. The molecule has 3 heterocycles. The fourth-order valence-electron chi connectivity index (χ4n) is 4.99. The molecule has 0 aliphatic carbocycles. The monoisotopic (exact) mass is 426 g/mol. The van der Waals surface area contributed by atoms with Gasteiger partial charge >= 0.3 is 0 Å². The third kappa shape index (κ3) is 3.12. The molecule has 0 aromatic heterocycles. The fraction of sp³-hybridized carbons (Fsp3) is 0.579. The Labute approximate surface area is 174 Å². The smallest absolute Gasteiger partial charge is 0.245 e.